The van der Waals surface area contributed by atoms with Gasteiger partial charge in [0.1, 0.15) is 11.3 Å². The highest BCUT2D eigenvalue weighted by Gasteiger charge is 2.52. The van der Waals surface area contributed by atoms with Crippen LogP contribution in [0.5, 0.6) is 0 Å². The van der Waals surface area contributed by atoms with Crippen molar-refractivity contribution in [3.8, 4) is 6.07 Å². The van der Waals surface area contributed by atoms with E-state index in [9.17, 15) is 14.9 Å². The minimum Gasteiger partial charge on any atom is -0.466 e. The van der Waals surface area contributed by atoms with Gasteiger partial charge in [0.2, 0.25) is 0 Å². The summed E-state index contributed by atoms with van der Waals surface area (Å²) >= 11 is 0. The van der Waals surface area contributed by atoms with Crippen molar-refractivity contribution in [2.45, 2.75) is 31.5 Å². The van der Waals surface area contributed by atoms with Crippen molar-refractivity contribution in [2.24, 2.45) is 5.92 Å². The van der Waals surface area contributed by atoms with E-state index in [0.29, 0.717) is 29.0 Å². The van der Waals surface area contributed by atoms with Gasteiger partial charge in [-0.3, -0.25) is 0 Å². The number of benzene rings is 4. The largest absolute Gasteiger partial charge is 0.466 e. The number of ether oxygens (including phenoxy) is 1. The minimum absolute atomic E-state index is 0.278. The molecule has 7 heteroatoms. The van der Waals surface area contributed by atoms with Gasteiger partial charge < -0.3 is 19.4 Å². The molecule has 3 heterocycles. The van der Waals surface area contributed by atoms with E-state index in [1.165, 1.54) is 7.11 Å². The molecule has 7 rings (SSSR count). The monoisotopic (exact) mass is 593 g/mol. The lowest BCUT2D eigenvalue weighted by Gasteiger charge is -2.53. The Labute approximate surface area is 261 Å². The third-order valence-corrected chi connectivity index (χ3v) is 9.21. The highest BCUT2D eigenvalue weighted by molar-refractivity contribution is 5.92. The molecule has 0 fully saturated rings. The van der Waals surface area contributed by atoms with Gasteiger partial charge in [0.15, 0.2) is 0 Å². The SMILES string of the molecule is COC(=O)C1=C(C)N(Cc2ccccc2)[C@@H]2c3c(c(=O)oc4ccccc34)N[C@@H](c3ccc(C#N)cc3)[C@@H]2C1c1ccccc1. The quantitative estimate of drug-likeness (QED) is 0.170. The van der Waals surface area contributed by atoms with Crippen LogP contribution in [0.2, 0.25) is 0 Å². The number of anilines is 1. The number of fused-ring (bicyclic) bond motifs is 5. The Morgan fingerprint density at radius 3 is 2.27 bits per heavy atom. The first kappa shape index (κ1) is 28.2. The second-order valence-electron chi connectivity index (χ2n) is 11.5. The maximum atomic E-state index is 13.8. The van der Waals surface area contributed by atoms with Crippen LogP contribution in [0, 0.1) is 17.2 Å². The Morgan fingerprint density at radius 2 is 1.58 bits per heavy atom. The van der Waals surface area contributed by atoms with E-state index in [4.69, 9.17) is 9.15 Å². The number of methoxy groups -OCH3 is 1. The highest BCUT2D eigenvalue weighted by Crippen LogP contribution is 2.59. The number of para-hydroxylation sites is 1. The first-order chi connectivity index (χ1) is 22.0. The van der Waals surface area contributed by atoms with E-state index in [2.05, 4.69) is 28.4 Å². The summed E-state index contributed by atoms with van der Waals surface area (Å²) in [6.07, 6.45) is 0. The van der Waals surface area contributed by atoms with Gasteiger partial charge in [-0.2, -0.15) is 5.26 Å². The molecule has 0 spiro atoms. The fourth-order valence-electron chi connectivity index (χ4n) is 7.26. The molecule has 4 aromatic carbocycles. The number of nitrogens with one attached hydrogen (secondary N) is 1. The molecule has 0 saturated carbocycles. The zero-order chi connectivity index (χ0) is 31.1. The predicted octanol–water partition coefficient (Wildman–Crippen LogP) is 7.24. The van der Waals surface area contributed by atoms with Gasteiger partial charge in [0.25, 0.3) is 0 Å². The lowest BCUT2D eigenvalue weighted by Crippen LogP contribution is -2.49. The van der Waals surface area contributed by atoms with Crippen molar-refractivity contribution in [2.75, 3.05) is 12.4 Å². The van der Waals surface area contributed by atoms with E-state index in [1.807, 2.05) is 91.9 Å². The lowest BCUT2D eigenvalue weighted by atomic mass is 9.64. The maximum absolute atomic E-state index is 13.8. The van der Waals surface area contributed by atoms with Crippen LogP contribution in [-0.2, 0) is 16.1 Å². The van der Waals surface area contributed by atoms with E-state index >= 15 is 0 Å². The average Bonchev–Trinajstić information content (AvgIpc) is 3.09. The van der Waals surface area contributed by atoms with E-state index < -0.39 is 11.7 Å². The normalized spacial score (nSPS) is 20.5. The molecule has 5 aromatic rings. The van der Waals surface area contributed by atoms with Crippen molar-refractivity contribution >= 4 is 22.6 Å². The van der Waals surface area contributed by atoms with Gasteiger partial charge >= 0.3 is 11.6 Å². The summed E-state index contributed by atoms with van der Waals surface area (Å²) in [5, 5.41) is 14.0. The smallest absolute Gasteiger partial charge is 0.360 e. The Morgan fingerprint density at radius 1 is 0.911 bits per heavy atom. The molecule has 1 unspecified atom stereocenters. The molecule has 0 saturated heterocycles. The zero-order valence-corrected chi connectivity index (χ0v) is 24.9. The predicted molar refractivity (Wildman–Crippen MR) is 172 cm³/mol. The van der Waals surface area contributed by atoms with E-state index in [0.717, 1.165) is 33.3 Å². The Bertz CT molecular complexity index is 2030. The number of nitrogens with zero attached hydrogens (tertiary/aromatic N) is 2. The Kier molecular flexibility index (Phi) is 7.19. The van der Waals surface area contributed by atoms with Crippen LogP contribution < -0.4 is 10.9 Å². The summed E-state index contributed by atoms with van der Waals surface area (Å²) in [6.45, 7) is 2.48. The van der Waals surface area contributed by atoms with Gasteiger partial charge in [0, 0.05) is 35.0 Å². The van der Waals surface area contributed by atoms with Crippen LogP contribution in [-0.4, -0.2) is 18.0 Å². The molecule has 1 aromatic heterocycles. The summed E-state index contributed by atoms with van der Waals surface area (Å²) < 4.78 is 11.3. The third kappa shape index (κ3) is 4.76. The molecule has 2 aliphatic heterocycles. The molecule has 0 radical (unpaired) electrons. The topological polar surface area (TPSA) is 95.6 Å². The lowest BCUT2D eigenvalue weighted by molar-refractivity contribution is -0.137. The molecule has 45 heavy (non-hydrogen) atoms. The number of nitriles is 1. The number of esters is 1. The summed E-state index contributed by atoms with van der Waals surface area (Å²) in [6, 6.07) is 36.6. The molecule has 2 aliphatic rings. The first-order valence-corrected chi connectivity index (χ1v) is 15.0. The van der Waals surface area contributed by atoms with Crippen LogP contribution in [0.15, 0.2) is 130 Å². The number of hydrogen-bond acceptors (Lipinski definition) is 7. The van der Waals surface area contributed by atoms with Gasteiger partial charge in [-0.05, 0) is 41.8 Å². The van der Waals surface area contributed by atoms with Gasteiger partial charge in [-0.1, -0.05) is 91.0 Å². The molecule has 0 bridgehead atoms. The molecular formula is C38H31N3O4. The van der Waals surface area contributed by atoms with E-state index in [1.54, 1.807) is 12.1 Å². The molecule has 0 aliphatic carbocycles. The summed E-state index contributed by atoms with van der Waals surface area (Å²) in [4.78, 5) is 29.9. The molecule has 1 N–H and O–H groups in total. The fraction of sp³-hybridized carbons (Fsp3) is 0.184. The van der Waals surface area contributed by atoms with Crippen LogP contribution in [0.25, 0.3) is 11.0 Å². The van der Waals surface area contributed by atoms with Crippen LogP contribution in [0.1, 0.15) is 52.7 Å². The molecule has 4 atom stereocenters. The summed E-state index contributed by atoms with van der Waals surface area (Å²) in [5.74, 6) is -1.05. The van der Waals surface area contributed by atoms with Crippen molar-refractivity contribution in [3.05, 3.63) is 159 Å². The van der Waals surface area contributed by atoms with Gasteiger partial charge in [-0.15, -0.1) is 0 Å². The van der Waals surface area contributed by atoms with Crippen LogP contribution in [0.3, 0.4) is 0 Å². The Balaban J connectivity index is 1.58. The van der Waals surface area contributed by atoms with Gasteiger partial charge in [0.05, 0.1) is 36.4 Å². The van der Waals surface area contributed by atoms with Gasteiger partial charge in [-0.25, -0.2) is 9.59 Å². The number of hydrogen-bond donors (Lipinski definition) is 1. The minimum atomic E-state index is -0.447. The maximum Gasteiger partial charge on any atom is 0.360 e. The summed E-state index contributed by atoms with van der Waals surface area (Å²) in [7, 11) is 1.42. The van der Waals surface area contributed by atoms with E-state index in [-0.39, 0.29) is 23.8 Å². The van der Waals surface area contributed by atoms with Crippen molar-refractivity contribution in [3.63, 3.8) is 0 Å². The van der Waals surface area contributed by atoms with Crippen molar-refractivity contribution < 1.29 is 13.9 Å². The number of rotatable bonds is 5. The fourth-order valence-corrected chi connectivity index (χ4v) is 7.26. The van der Waals surface area contributed by atoms with Crippen LogP contribution >= 0.6 is 0 Å². The van der Waals surface area contributed by atoms with Crippen LogP contribution in [0.4, 0.5) is 5.69 Å². The number of carbonyl (C=O) groups excluding carboxylic acids is 1. The number of allylic oxidation sites excluding steroid dienone is 1. The molecule has 7 nitrogen and oxygen atoms in total. The van der Waals surface area contributed by atoms with Crippen molar-refractivity contribution in [1.82, 2.24) is 4.90 Å². The summed E-state index contributed by atoms with van der Waals surface area (Å²) in [5.41, 5.74) is 6.17. The standard InChI is InChI=1S/C38H31N3O4/c1-23-30(37(42)44-2)31(26-13-7-4-8-14-26)33-34(27-19-17-24(21-39)18-20-27)40-35-32(28-15-9-10-16-29(28)45-38(35)43)36(33)41(23)22-25-11-5-3-6-12-25/h3-20,31,33-34,36,40H,22H2,1-2H3/t31?,33-,34-,36+/m0/s1. The molecular weight excluding hydrogens is 562 g/mol. The Hall–Kier alpha value is -5.61. The average molecular weight is 594 g/mol. The molecule has 0 amide bonds. The second kappa shape index (κ2) is 11.5. The molecule has 222 valence electrons. The zero-order valence-electron chi connectivity index (χ0n) is 24.9. The highest BCUT2D eigenvalue weighted by atomic mass is 16.5. The third-order valence-electron chi connectivity index (χ3n) is 9.21. The first-order valence-electron chi connectivity index (χ1n) is 15.0. The van der Waals surface area contributed by atoms with Crippen molar-refractivity contribution in [1.29, 1.82) is 5.26 Å². The number of carbonyl (C=O) groups is 1. The second-order valence-corrected chi connectivity index (χ2v) is 11.5.